The van der Waals surface area contributed by atoms with E-state index in [0.29, 0.717) is 11.6 Å². The summed E-state index contributed by atoms with van der Waals surface area (Å²) in [5.41, 5.74) is 0.730. The molecule has 212 valence electrons. The van der Waals surface area contributed by atoms with Crippen LogP contribution in [0.4, 0.5) is 0 Å². The molecule has 5 heteroatoms. The minimum Gasteiger partial charge on any atom is -0.282 e. The first kappa shape index (κ1) is 35.6. The van der Waals surface area contributed by atoms with E-state index >= 15 is 0 Å². The minimum absolute atomic E-state index is 0.0638. The van der Waals surface area contributed by atoms with Crippen molar-refractivity contribution in [1.82, 2.24) is 0 Å². The van der Waals surface area contributed by atoms with Crippen molar-refractivity contribution in [2.24, 2.45) is 5.92 Å². The minimum atomic E-state index is -4.10. The fourth-order valence-corrected chi connectivity index (χ4v) is 6.61. The number of benzene rings is 1. The van der Waals surface area contributed by atoms with Crippen molar-refractivity contribution >= 4 is 19.4 Å². The number of rotatable bonds is 20. The molecule has 1 rings (SSSR count). The van der Waals surface area contributed by atoms with Crippen LogP contribution in [0.5, 0.6) is 0 Å². The van der Waals surface area contributed by atoms with Crippen molar-refractivity contribution in [1.29, 1.82) is 0 Å². The zero-order chi connectivity index (χ0) is 27.3. The molecule has 0 amide bonds. The normalized spacial score (nSPS) is 12.1. The maximum atomic E-state index is 11.3. The van der Waals surface area contributed by atoms with Gasteiger partial charge in [-0.2, -0.15) is 8.42 Å². The molecule has 0 aliphatic carbocycles. The van der Waals surface area contributed by atoms with Crippen molar-refractivity contribution in [2.45, 2.75) is 160 Å². The second-order valence-electron chi connectivity index (χ2n) is 10.7. The van der Waals surface area contributed by atoms with Crippen LogP contribution >= 0.6 is 9.24 Å². The van der Waals surface area contributed by atoms with Gasteiger partial charge in [0.25, 0.3) is 10.1 Å². The van der Waals surface area contributed by atoms with E-state index < -0.39 is 10.1 Å². The molecule has 0 bridgehead atoms. The lowest BCUT2D eigenvalue weighted by atomic mass is 9.83. The predicted molar refractivity (Wildman–Crippen MR) is 164 cm³/mol. The number of unbranched alkanes of at least 4 members (excludes halogenated alkanes) is 12. The van der Waals surface area contributed by atoms with Gasteiger partial charge in [-0.25, -0.2) is 0 Å². The van der Waals surface area contributed by atoms with Gasteiger partial charge in [0.05, 0.1) is 10.1 Å². The molecule has 1 aromatic carbocycles. The van der Waals surface area contributed by atoms with Crippen LogP contribution in [0.25, 0.3) is 0 Å². The topological polar surface area (TPSA) is 54.4 Å². The van der Waals surface area contributed by atoms with Crippen LogP contribution in [-0.4, -0.2) is 18.1 Å². The Kier molecular flexibility index (Phi) is 21.2. The molecule has 0 saturated heterocycles. The molecule has 0 fully saturated rings. The summed E-state index contributed by atoms with van der Waals surface area (Å²) >= 11 is 0. The van der Waals surface area contributed by atoms with E-state index in [9.17, 15) is 13.0 Å². The number of hydrogen-bond acceptors (Lipinski definition) is 2. The van der Waals surface area contributed by atoms with E-state index in [-0.39, 0.29) is 4.90 Å². The maximum absolute atomic E-state index is 11.3. The Labute approximate surface area is 228 Å². The average molecular weight is 544 g/mol. The molecule has 1 atom stereocenters. The van der Waals surface area contributed by atoms with Gasteiger partial charge < -0.3 is 0 Å². The molecule has 36 heavy (non-hydrogen) atoms. The first-order chi connectivity index (χ1) is 17.2. The largest absolute Gasteiger partial charge is 0.294 e. The van der Waals surface area contributed by atoms with Crippen molar-refractivity contribution in [3.05, 3.63) is 29.8 Å². The summed E-state index contributed by atoms with van der Waals surface area (Å²) in [4.78, 5) is 0.0638. The van der Waals surface area contributed by atoms with Gasteiger partial charge in [-0.1, -0.05) is 130 Å². The monoisotopic (exact) mass is 543 g/mol. The lowest BCUT2D eigenvalue weighted by molar-refractivity contribution is 0.334. The molecule has 0 aromatic heterocycles. The molecule has 3 nitrogen and oxygen atoms in total. The molecule has 0 saturated carbocycles. The Balaban J connectivity index is 0.000000935. The molecule has 0 heterocycles. The summed E-state index contributed by atoms with van der Waals surface area (Å²) in [6.45, 7) is 11.6. The maximum Gasteiger partial charge on any atom is 0.294 e. The zero-order valence-electron chi connectivity index (χ0n) is 24.5. The fourth-order valence-electron chi connectivity index (χ4n) is 5.28. The lowest BCUT2D eigenvalue weighted by Crippen LogP contribution is -2.28. The van der Waals surface area contributed by atoms with Crippen LogP contribution < -0.4 is 0 Å². The quantitative estimate of drug-likeness (QED) is 0.101. The molecule has 0 aliphatic heterocycles. The van der Waals surface area contributed by atoms with Gasteiger partial charge >= 0.3 is 0 Å². The molecular weight excluding hydrogens is 483 g/mol. The second kappa shape index (κ2) is 21.5. The van der Waals surface area contributed by atoms with E-state index in [1.165, 1.54) is 102 Å². The summed E-state index contributed by atoms with van der Waals surface area (Å²) in [6.07, 6.45) is 23.0. The summed E-state index contributed by atoms with van der Waals surface area (Å²) in [5, 5.41) is 0.628. The highest BCUT2D eigenvalue weighted by molar-refractivity contribution is 7.85. The van der Waals surface area contributed by atoms with E-state index in [1.54, 1.807) is 12.1 Å². The highest BCUT2D eigenvalue weighted by Gasteiger charge is 2.32. The number of hydrogen-bond donors (Lipinski definition) is 1. The Hall–Kier alpha value is -0.440. The SMILES string of the molecule is CCC(CC)C([PH3+])(CC)CC.CCCCCCCCCCCCCCCc1ccccc1S(=O)(=O)O. The third-order valence-electron chi connectivity index (χ3n) is 8.06. The van der Waals surface area contributed by atoms with Crippen molar-refractivity contribution < 1.29 is 13.0 Å². The van der Waals surface area contributed by atoms with E-state index in [2.05, 4.69) is 43.9 Å². The Morgan fingerprint density at radius 1 is 0.722 bits per heavy atom. The van der Waals surface area contributed by atoms with Crippen molar-refractivity contribution in [3.8, 4) is 0 Å². The Morgan fingerprint density at radius 2 is 1.14 bits per heavy atom. The number of aryl methyl sites for hydroxylation is 1. The second-order valence-corrected chi connectivity index (χ2v) is 13.5. The highest BCUT2D eigenvalue weighted by atomic mass is 32.2. The van der Waals surface area contributed by atoms with E-state index in [1.807, 2.05) is 6.07 Å². The first-order valence-electron chi connectivity index (χ1n) is 15.1. The van der Waals surface area contributed by atoms with Gasteiger partial charge in [0.2, 0.25) is 0 Å². The summed E-state index contributed by atoms with van der Waals surface area (Å²) in [7, 11) is -1.88. The van der Waals surface area contributed by atoms with Crippen LogP contribution in [0.1, 0.15) is 149 Å². The third kappa shape index (κ3) is 15.7. The van der Waals surface area contributed by atoms with Gasteiger partial charge in [0.1, 0.15) is 0 Å². The molecule has 0 aliphatic rings. The van der Waals surface area contributed by atoms with E-state index in [4.69, 9.17) is 0 Å². The van der Waals surface area contributed by atoms with Crippen LogP contribution in [0.15, 0.2) is 29.2 Å². The summed E-state index contributed by atoms with van der Waals surface area (Å²) < 4.78 is 31.9. The van der Waals surface area contributed by atoms with Gasteiger partial charge in [-0.15, -0.1) is 0 Å². The van der Waals surface area contributed by atoms with Gasteiger partial charge in [0.15, 0.2) is 0 Å². The van der Waals surface area contributed by atoms with Crippen LogP contribution in [-0.2, 0) is 16.5 Å². The molecule has 1 N–H and O–H groups in total. The van der Waals surface area contributed by atoms with Crippen LogP contribution in [0.2, 0.25) is 0 Å². The molecule has 1 unspecified atom stereocenters. The first-order valence-corrected chi connectivity index (χ1v) is 17.2. The lowest BCUT2D eigenvalue weighted by Gasteiger charge is -2.30. The van der Waals surface area contributed by atoms with Gasteiger partial charge in [-0.3, -0.25) is 4.55 Å². The zero-order valence-corrected chi connectivity index (χ0v) is 26.7. The molecular formula is C31H60O3PS+. The molecule has 0 spiro atoms. The van der Waals surface area contributed by atoms with Crippen molar-refractivity contribution in [2.75, 3.05) is 0 Å². The third-order valence-corrected chi connectivity index (χ3v) is 10.6. The smallest absolute Gasteiger partial charge is 0.282 e. The van der Waals surface area contributed by atoms with Gasteiger partial charge in [-0.05, 0) is 65.3 Å². The van der Waals surface area contributed by atoms with Crippen molar-refractivity contribution in [3.63, 3.8) is 0 Å². The fraction of sp³-hybridized carbons (Fsp3) is 0.806. The average Bonchev–Trinajstić information content (AvgIpc) is 2.87. The molecule has 1 aromatic rings. The summed E-state index contributed by atoms with van der Waals surface area (Å²) in [5.74, 6) is 0.941. The summed E-state index contributed by atoms with van der Waals surface area (Å²) in [6, 6.07) is 6.75. The van der Waals surface area contributed by atoms with E-state index in [0.717, 1.165) is 24.3 Å². The Morgan fingerprint density at radius 3 is 1.50 bits per heavy atom. The standard InChI is InChI=1S/C21H36O3S.C10H23P/c1-2-3-4-5-6-7-8-9-10-11-12-13-14-17-20-18-15-16-19-21(20)25(22,23)24;1-5-9(6-2)10(11,7-3)8-4/h15-16,18-19H,2-14,17H2,1H3,(H,22,23,24);9H,5-8,11H2,1-4H3/p+1. The molecule has 0 radical (unpaired) electrons. The highest BCUT2D eigenvalue weighted by Crippen LogP contribution is 2.38. The predicted octanol–water partition coefficient (Wildman–Crippen LogP) is 10.2. The van der Waals surface area contributed by atoms with Gasteiger partial charge in [0, 0.05) is 0 Å². The van der Waals surface area contributed by atoms with Crippen LogP contribution in [0, 0.1) is 5.92 Å². The Bertz CT molecular complexity index is 740. The van der Waals surface area contributed by atoms with Crippen LogP contribution in [0.3, 0.4) is 0 Å².